The molecule has 1 atom stereocenters. The van der Waals surface area contributed by atoms with E-state index < -0.39 is 0 Å². The maximum atomic E-state index is 8.70. The molecule has 1 saturated heterocycles. The van der Waals surface area contributed by atoms with Gasteiger partial charge in [0.05, 0.1) is 18.7 Å². The van der Waals surface area contributed by atoms with E-state index in [9.17, 15) is 0 Å². The molecule has 5 heteroatoms. The Morgan fingerprint density at radius 2 is 2.24 bits per heavy atom. The number of nitrogens with zero attached hydrogens (tertiary/aromatic N) is 5. The second-order valence-corrected chi connectivity index (χ2v) is 4.82. The fourth-order valence-electron chi connectivity index (χ4n) is 2.43. The van der Waals surface area contributed by atoms with Crippen LogP contribution in [0.4, 0.5) is 0 Å². The molecule has 0 saturated carbocycles. The van der Waals surface area contributed by atoms with E-state index in [0.29, 0.717) is 18.4 Å². The Balaban J connectivity index is 1.76. The quantitative estimate of drug-likeness (QED) is 0.786. The normalized spacial score (nSPS) is 20.0. The second kappa shape index (κ2) is 5.78. The van der Waals surface area contributed by atoms with Gasteiger partial charge in [0, 0.05) is 18.8 Å². The van der Waals surface area contributed by atoms with Crippen LogP contribution in [0.1, 0.15) is 26.2 Å². The third-order valence-electron chi connectivity index (χ3n) is 3.58. The molecule has 0 N–H and O–H groups in total. The van der Waals surface area contributed by atoms with Gasteiger partial charge >= 0.3 is 0 Å². The highest BCUT2D eigenvalue weighted by atomic mass is 15.4. The van der Waals surface area contributed by atoms with Crippen molar-refractivity contribution in [1.82, 2.24) is 19.9 Å². The van der Waals surface area contributed by atoms with Gasteiger partial charge in [0.15, 0.2) is 0 Å². The molecule has 2 rings (SSSR count). The van der Waals surface area contributed by atoms with Crippen molar-refractivity contribution in [3.63, 3.8) is 0 Å². The third kappa shape index (κ3) is 3.27. The molecular formula is C12H19N5. The fraction of sp³-hybridized carbons (Fsp3) is 0.750. The molecule has 5 nitrogen and oxygen atoms in total. The Labute approximate surface area is 102 Å². The predicted octanol–water partition coefficient (Wildman–Crippen LogP) is 1.29. The Morgan fingerprint density at radius 3 is 2.82 bits per heavy atom. The minimum absolute atomic E-state index is 0.396. The van der Waals surface area contributed by atoms with Gasteiger partial charge < -0.3 is 0 Å². The Bertz CT molecular complexity index is 359. The first kappa shape index (κ1) is 12.1. The zero-order valence-corrected chi connectivity index (χ0v) is 10.3. The van der Waals surface area contributed by atoms with Crippen molar-refractivity contribution in [2.24, 2.45) is 5.92 Å². The molecule has 92 valence electrons. The lowest BCUT2D eigenvalue weighted by Crippen LogP contribution is -2.40. The van der Waals surface area contributed by atoms with Gasteiger partial charge in [0.2, 0.25) is 0 Å². The zero-order chi connectivity index (χ0) is 12.1. The highest BCUT2D eigenvalue weighted by molar-refractivity contribution is 4.83. The summed E-state index contributed by atoms with van der Waals surface area (Å²) in [5, 5.41) is 16.5. The van der Waals surface area contributed by atoms with Crippen LogP contribution in [-0.2, 0) is 6.54 Å². The van der Waals surface area contributed by atoms with Crippen molar-refractivity contribution >= 4 is 0 Å². The summed E-state index contributed by atoms with van der Waals surface area (Å²) >= 11 is 0. The Hall–Kier alpha value is -1.41. The number of hydrogen-bond acceptors (Lipinski definition) is 4. The van der Waals surface area contributed by atoms with Gasteiger partial charge in [0.1, 0.15) is 0 Å². The molecular weight excluding hydrogens is 214 g/mol. The number of likely N-dealkylation sites (tertiary alicyclic amines) is 1. The van der Waals surface area contributed by atoms with Crippen molar-refractivity contribution < 1.29 is 0 Å². The fourth-order valence-corrected chi connectivity index (χ4v) is 2.43. The van der Waals surface area contributed by atoms with Crippen LogP contribution in [0.25, 0.3) is 0 Å². The van der Waals surface area contributed by atoms with E-state index in [0.717, 1.165) is 19.6 Å². The first-order valence-corrected chi connectivity index (χ1v) is 6.24. The highest BCUT2D eigenvalue weighted by Gasteiger charge is 2.22. The summed E-state index contributed by atoms with van der Waals surface area (Å²) in [5.41, 5.74) is 0. The van der Waals surface area contributed by atoms with Gasteiger partial charge in [0.25, 0.3) is 0 Å². The molecule has 17 heavy (non-hydrogen) atoms. The minimum Gasteiger partial charge on any atom is -0.300 e. The van der Waals surface area contributed by atoms with E-state index in [1.165, 1.54) is 12.8 Å². The molecule has 0 amide bonds. The molecule has 0 aromatic carbocycles. The number of nitriles is 1. The van der Waals surface area contributed by atoms with Crippen LogP contribution >= 0.6 is 0 Å². The minimum atomic E-state index is 0.396. The van der Waals surface area contributed by atoms with Crippen LogP contribution in [0.3, 0.4) is 0 Å². The van der Waals surface area contributed by atoms with Crippen molar-refractivity contribution in [3.05, 3.63) is 12.4 Å². The molecule has 0 radical (unpaired) electrons. The number of hydrogen-bond donors (Lipinski definition) is 0. The van der Waals surface area contributed by atoms with E-state index >= 15 is 0 Å². The lowest BCUT2D eigenvalue weighted by atomic mass is 9.95. The summed E-state index contributed by atoms with van der Waals surface area (Å²) in [5.74, 6) is 0.697. The lowest BCUT2D eigenvalue weighted by molar-refractivity contribution is 0.133. The summed E-state index contributed by atoms with van der Waals surface area (Å²) in [6.07, 6.45) is 6.66. The average molecular weight is 233 g/mol. The topological polar surface area (TPSA) is 57.7 Å². The summed E-state index contributed by atoms with van der Waals surface area (Å²) in [4.78, 5) is 2.42. The molecule has 1 aromatic heterocycles. The van der Waals surface area contributed by atoms with Crippen molar-refractivity contribution in [2.45, 2.75) is 38.8 Å². The van der Waals surface area contributed by atoms with Crippen molar-refractivity contribution in [3.8, 4) is 6.07 Å². The Kier molecular flexibility index (Phi) is 4.10. The molecule has 1 aromatic rings. The molecule has 1 fully saturated rings. The first-order valence-electron chi connectivity index (χ1n) is 6.24. The van der Waals surface area contributed by atoms with Gasteiger partial charge in [-0.15, -0.1) is 5.10 Å². The van der Waals surface area contributed by atoms with Crippen molar-refractivity contribution in [1.29, 1.82) is 5.26 Å². The van der Waals surface area contributed by atoms with Crippen LogP contribution in [0, 0.1) is 17.2 Å². The number of rotatable bonds is 4. The van der Waals surface area contributed by atoms with Gasteiger partial charge in [-0.1, -0.05) is 5.21 Å². The molecule has 2 heterocycles. The molecule has 0 spiro atoms. The maximum absolute atomic E-state index is 8.70. The molecule has 0 aliphatic carbocycles. The maximum Gasteiger partial charge on any atom is 0.0692 e. The largest absolute Gasteiger partial charge is 0.300 e. The van der Waals surface area contributed by atoms with Crippen LogP contribution in [0.15, 0.2) is 12.4 Å². The Morgan fingerprint density at radius 1 is 1.47 bits per heavy atom. The number of piperidine rings is 1. The molecule has 0 unspecified atom stereocenters. The van der Waals surface area contributed by atoms with Crippen LogP contribution in [0.5, 0.6) is 0 Å². The second-order valence-electron chi connectivity index (χ2n) is 4.82. The summed E-state index contributed by atoms with van der Waals surface area (Å²) in [6.45, 7) is 5.31. The van der Waals surface area contributed by atoms with Crippen LogP contribution < -0.4 is 0 Å². The van der Waals surface area contributed by atoms with Crippen LogP contribution in [-0.4, -0.2) is 39.0 Å². The number of aromatic nitrogens is 3. The van der Waals surface area contributed by atoms with E-state index in [-0.39, 0.29) is 0 Å². The SMILES string of the molecule is C[C@@H](CC#N)N1CCC(Cn2ccnn2)CC1. The molecule has 0 bridgehead atoms. The highest BCUT2D eigenvalue weighted by Crippen LogP contribution is 2.20. The standard InChI is InChI=1S/C12H19N5/c1-11(2-5-13)16-7-3-12(4-8-16)10-17-9-6-14-15-17/h6,9,11-12H,2-4,7-8,10H2,1H3/t11-/m0/s1. The lowest BCUT2D eigenvalue weighted by Gasteiger charge is -2.35. The van der Waals surface area contributed by atoms with E-state index in [2.05, 4.69) is 28.2 Å². The summed E-state index contributed by atoms with van der Waals surface area (Å²) in [6, 6.07) is 2.64. The van der Waals surface area contributed by atoms with Gasteiger partial charge in [-0.25, -0.2) is 0 Å². The molecule has 1 aliphatic rings. The van der Waals surface area contributed by atoms with Crippen LogP contribution in [0.2, 0.25) is 0 Å². The van der Waals surface area contributed by atoms with Crippen molar-refractivity contribution in [2.75, 3.05) is 13.1 Å². The predicted molar refractivity (Wildman–Crippen MR) is 64.0 cm³/mol. The summed E-state index contributed by atoms with van der Waals surface area (Å²) in [7, 11) is 0. The van der Waals surface area contributed by atoms with E-state index in [1.54, 1.807) is 6.20 Å². The van der Waals surface area contributed by atoms with Gasteiger partial charge in [-0.2, -0.15) is 5.26 Å². The molecule has 1 aliphatic heterocycles. The average Bonchev–Trinajstić information content (AvgIpc) is 2.83. The zero-order valence-electron chi connectivity index (χ0n) is 10.3. The monoisotopic (exact) mass is 233 g/mol. The smallest absolute Gasteiger partial charge is 0.0692 e. The summed E-state index contributed by atoms with van der Waals surface area (Å²) < 4.78 is 1.92. The van der Waals surface area contributed by atoms with Gasteiger partial charge in [-0.3, -0.25) is 9.58 Å². The first-order chi connectivity index (χ1) is 8.29. The van der Waals surface area contributed by atoms with Gasteiger partial charge in [-0.05, 0) is 38.8 Å². The van der Waals surface area contributed by atoms with E-state index in [4.69, 9.17) is 5.26 Å². The van der Waals surface area contributed by atoms with E-state index in [1.807, 2.05) is 10.9 Å². The third-order valence-corrected chi connectivity index (χ3v) is 3.58.